The lowest BCUT2D eigenvalue weighted by Gasteiger charge is -2.15. The fraction of sp³-hybridized carbons (Fsp3) is 0.400. The lowest BCUT2D eigenvalue weighted by atomic mass is 10.1. The molecule has 5 heteroatoms. The molecule has 0 bridgehead atoms. The Hall–Kier alpha value is -2.56. The van der Waals surface area contributed by atoms with Gasteiger partial charge in [0.25, 0.3) is 0 Å². The molecular weight excluding hydrogens is 318 g/mol. The third kappa shape index (κ3) is 3.92. The smallest absolute Gasteiger partial charge is 0.340 e. The van der Waals surface area contributed by atoms with Gasteiger partial charge < -0.3 is 14.0 Å². The van der Waals surface area contributed by atoms with Crippen molar-refractivity contribution in [3.05, 3.63) is 52.8 Å². The van der Waals surface area contributed by atoms with Crippen molar-refractivity contribution in [1.82, 2.24) is 4.57 Å². The number of aryl methyl sites for hydroxylation is 1. The molecule has 2 aromatic rings. The van der Waals surface area contributed by atoms with E-state index in [1.807, 2.05) is 19.9 Å². The van der Waals surface area contributed by atoms with Crippen molar-refractivity contribution in [3.63, 3.8) is 0 Å². The van der Waals surface area contributed by atoms with Gasteiger partial charge in [-0.2, -0.15) is 0 Å². The lowest BCUT2D eigenvalue weighted by Crippen LogP contribution is -2.24. The first-order valence-electron chi connectivity index (χ1n) is 8.34. The van der Waals surface area contributed by atoms with Crippen molar-refractivity contribution >= 4 is 11.8 Å². The van der Waals surface area contributed by atoms with Crippen LogP contribution in [0.5, 0.6) is 5.75 Å². The SMILES string of the molecule is COc1ccc(C(=O)C(C)OC(=O)c2cc(C)n(C(C)C)c2C)cc1. The molecule has 1 unspecified atom stereocenters. The van der Waals surface area contributed by atoms with Gasteiger partial charge in [-0.05, 0) is 65.0 Å². The predicted octanol–water partition coefficient (Wildman–Crippen LogP) is 4.12. The van der Waals surface area contributed by atoms with Crippen LogP contribution < -0.4 is 4.74 Å². The molecule has 2 rings (SSSR count). The monoisotopic (exact) mass is 343 g/mol. The number of aromatic nitrogens is 1. The second kappa shape index (κ2) is 7.55. The van der Waals surface area contributed by atoms with Crippen LogP contribution in [0.1, 0.15) is 58.9 Å². The highest BCUT2D eigenvalue weighted by atomic mass is 16.5. The third-order valence-corrected chi connectivity index (χ3v) is 4.25. The number of ether oxygens (including phenoxy) is 2. The summed E-state index contributed by atoms with van der Waals surface area (Å²) in [5.41, 5.74) is 2.82. The summed E-state index contributed by atoms with van der Waals surface area (Å²) in [4.78, 5) is 24.9. The van der Waals surface area contributed by atoms with Crippen LogP contribution in [-0.2, 0) is 4.74 Å². The van der Waals surface area contributed by atoms with Crippen LogP contribution in [0.25, 0.3) is 0 Å². The van der Waals surface area contributed by atoms with Crippen LogP contribution in [0.15, 0.2) is 30.3 Å². The topological polar surface area (TPSA) is 57.5 Å². The number of nitrogens with zero attached hydrogens (tertiary/aromatic N) is 1. The molecule has 0 aliphatic carbocycles. The van der Waals surface area contributed by atoms with Crippen LogP contribution in [0.3, 0.4) is 0 Å². The molecule has 0 fully saturated rings. The Balaban J connectivity index is 2.14. The van der Waals surface area contributed by atoms with Crippen LogP contribution in [-0.4, -0.2) is 29.5 Å². The van der Waals surface area contributed by atoms with Gasteiger partial charge in [0.15, 0.2) is 6.10 Å². The van der Waals surface area contributed by atoms with Crippen LogP contribution >= 0.6 is 0 Å². The highest BCUT2D eigenvalue weighted by molar-refractivity contribution is 6.01. The van der Waals surface area contributed by atoms with Crippen molar-refractivity contribution < 1.29 is 19.1 Å². The molecule has 0 radical (unpaired) electrons. The standard InChI is InChI=1S/C20H25NO4/c1-12(2)21-13(3)11-18(14(21)4)20(23)25-15(5)19(22)16-7-9-17(24-6)10-8-16/h7-12,15H,1-6H3. The second-order valence-electron chi connectivity index (χ2n) is 6.39. The molecule has 5 nitrogen and oxygen atoms in total. The Morgan fingerprint density at radius 2 is 1.64 bits per heavy atom. The minimum absolute atomic E-state index is 0.242. The van der Waals surface area contributed by atoms with Crippen LogP contribution in [0.4, 0.5) is 0 Å². The number of carbonyl (C=O) groups excluding carboxylic acids is 2. The van der Waals surface area contributed by atoms with E-state index in [1.54, 1.807) is 38.3 Å². The number of hydrogen-bond donors (Lipinski definition) is 0. The average Bonchev–Trinajstić information content (AvgIpc) is 2.88. The van der Waals surface area contributed by atoms with Gasteiger partial charge in [0.05, 0.1) is 12.7 Å². The number of ketones is 1. The number of carbonyl (C=O) groups is 2. The molecule has 0 saturated carbocycles. The Morgan fingerprint density at radius 1 is 1.04 bits per heavy atom. The van der Waals surface area contributed by atoms with Crippen molar-refractivity contribution in [3.8, 4) is 5.75 Å². The number of esters is 1. The summed E-state index contributed by atoms with van der Waals surface area (Å²) in [5.74, 6) is -0.0506. The molecule has 0 saturated heterocycles. The number of Topliss-reactive ketones (excluding diaryl/α,β-unsaturated/α-hetero) is 1. The average molecular weight is 343 g/mol. The van der Waals surface area contributed by atoms with Gasteiger partial charge in [-0.1, -0.05) is 0 Å². The highest BCUT2D eigenvalue weighted by Crippen LogP contribution is 2.22. The number of methoxy groups -OCH3 is 1. The number of rotatable bonds is 6. The van der Waals surface area contributed by atoms with Gasteiger partial charge in [0.2, 0.25) is 5.78 Å². The fourth-order valence-electron chi connectivity index (χ4n) is 3.05. The van der Waals surface area contributed by atoms with Crippen molar-refractivity contribution in [2.24, 2.45) is 0 Å². The van der Waals surface area contributed by atoms with Gasteiger partial charge in [-0.15, -0.1) is 0 Å². The first-order valence-corrected chi connectivity index (χ1v) is 8.34. The maximum Gasteiger partial charge on any atom is 0.340 e. The molecule has 1 aromatic heterocycles. The van der Waals surface area contributed by atoms with E-state index in [4.69, 9.17) is 9.47 Å². The van der Waals surface area contributed by atoms with Crippen molar-refractivity contribution in [1.29, 1.82) is 0 Å². The predicted molar refractivity (Wildman–Crippen MR) is 96.5 cm³/mol. The molecule has 25 heavy (non-hydrogen) atoms. The first kappa shape index (κ1) is 18.8. The Labute approximate surface area is 148 Å². The maximum atomic E-state index is 12.5. The van der Waals surface area contributed by atoms with Gasteiger partial charge >= 0.3 is 5.97 Å². The zero-order valence-electron chi connectivity index (χ0n) is 15.6. The van der Waals surface area contributed by atoms with Gasteiger partial charge in [0.1, 0.15) is 5.75 Å². The molecule has 0 amide bonds. The first-order chi connectivity index (χ1) is 11.8. The van der Waals surface area contributed by atoms with E-state index in [9.17, 15) is 9.59 Å². The zero-order valence-corrected chi connectivity index (χ0v) is 15.6. The molecule has 0 aliphatic rings. The molecule has 0 aliphatic heterocycles. The number of benzene rings is 1. The minimum atomic E-state index is -0.858. The molecule has 1 aromatic carbocycles. The quantitative estimate of drug-likeness (QED) is 0.585. The maximum absolute atomic E-state index is 12.5. The Morgan fingerprint density at radius 3 is 2.12 bits per heavy atom. The van der Waals surface area contributed by atoms with Gasteiger partial charge in [-0.3, -0.25) is 4.79 Å². The van der Waals surface area contributed by atoms with Crippen molar-refractivity contribution in [2.45, 2.75) is 46.8 Å². The number of hydrogen-bond acceptors (Lipinski definition) is 4. The third-order valence-electron chi connectivity index (χ3n) is 4.25. The summed E-state index contributed by atoms with van der Waals surface area (Å²) in [7, 11) is 1.56. The van der Waals surface area contributed by atoms with E-state index in [2.05, 4.69) is 18.4 Å². The molecule has 1 heterocycles. The molecule has 0 spiro atoms. The van der Waals surface area contributed by atoms with E-state index < -0.39 is 12.1 Å². The van der Waals surface area contributed by atoms with E-state index in [1.165, 1.54) is 0 Å². The summed E-state index contributed by atoms with van der Waals surface area (Å²) in [6, 6.07) is 8.80. The van der Waals surface area contributed by atoms with Crippen molar-refractivity contribution in [2.75, 3.05) is 7.11 Å². The van der Waals surface area contributed by atoms with Crippen LogP contribution in [0.2, 0.25) is 0 Å². The molecular formula is C20H25NO4. The zero-order chi connectivity index (χ0) is 18.7. The van der Waals surface area contributed by atoms with E-state index in [0.717, 1.165) is 11.4 Å². The largest absolute Gasteiger partial charge is 0.497 e. The summed E-state index contributed by atoms with van der Waals surface area (Å²) >= 11 is 0. The molecule has 1 atom stereocenters. The van der Waals surface area contributed by atoms with E-state index in [0.29, 0.717) is 16.9 Å². The molecule has 0 N–H and O–H groups in total. The minimum Gasteiger partial charge on any atom is -0.497 e. The van der Waals surface area contributed by atoms with Gasteiger partial charge in [-0.25, -0.2) is 4.79 Å². The molecule has 134 valence electrons. The Kier molecular flexibility index (Phi) is 5.67. The van der Waals surface area contributed by atoms with E-state index in [-0.39, 0.29) is 11.8 Å². The summed E-state index contributed by atoms with van der Waals surface area (Å²) in [5, 5.41) is 0. The summed E-state index contributed by atoms with van der Waals surface area (Å²) in [6.07, 6.45) is -0.858. The van der Waals surface area contributed by atoms with Gasteiger partial charge in [0, 0.05) is 23.0 Å². The lowest BCUT2D eigenvalue weighted by molar-refractivity contribution is 0.0318. The highest BCUT2D eigenvalue weighted by Gasteiger charge is 2.24. The van der Waals surface area contributed by atoms with E-state index >= 15 is 0 Å². The summed E-state index contributed by atoms with van der Waals surface area (Å²) in [6.45, 7) is 9.55. The normalized spacial score (nSPS) is 12.1. The fourth-order valence-corrected chi connectivity index (χ4v) is 3.05. The summed E-state index contributed by atoms with van der Waals surface area (Å²) < 4.78 is 12.6. The van der Waals surface area contributed by atoms with Crippen LogP contribution in [0, 0.1) is 13.8 Å². The Bertz CT molecular complexity index is 772. The second-order valence-corrected chi connectivity index (χ2v) is 6.39.